The number of hydrogen-bond acceptors (Lipinski definition) is 4. The molecular formula is C17H22N2O2. The lowest BCUT2D eigenvalue weighted by Gasteiger charge is -2.07. The Kier molecular flexibility index (Phi) is 6.03. The first-order valence-corrected chi connectivity index (χ1v) is 7.21. The second-order valence-electron chi connectivity index (χ2n) is 4.82. The van der Waals surface area contributed by atoms with Crippen molar-refractivity contribution in [3.8, 4) is 5.75 Å². The van der Waals surface area contributed by atoms with Crippen LogP contribution in [0.15, 0.2) is 42.6 Å². The van der Waals surface area contributed by atoms with Crippen molar-refractivity contribution in [1.29, 1.82) is 0 Å². The van der Waals surface area contributed by atoms with E-state index < -0.39 is 0 Å². The van der Waals surface area contributed by atoms with Gasteiger partial charge < -0.3 is 14.8 Å². The van der Waals surface area contributed by atoms with Crippen molar-refractivity contribution < 1.29 is 9.47 Å². The molecule has 0 unspecified atom stereocenters. The number of rotatable bonds is 8. The van der Waals surface area contributed by atoms with Gasteiger partial charge in [-0.25, -0.2) is 4.98 Å². The molecule has 4 heteroatoms. The lowest BCUT2D eigenvalue weighted by atomic mass is 10.2. The van der Waals surface area contributed by atoms with Crippen molar-refractivity contribution in [2.75, 3.05) is 19.0 Å². The SMILES string of the molecule is CCCNc1ccc(COCc2cccc(OC)c2)cn1. The fraction of sp³-hybridized carbons (Fsp3) is 0.353. The molecule has 0 aliphatic carbocycles. The summed E-state index contributed by atoms with van der Waals surface area (Å²) in [6, 6.07) is 11.9. The highest BCUT2D eigenvalue weighted by Crippen LogP contribution is 2.14. The maximum absolute atomic E-state index is 5.71. The number of pyridine rings is 1. The molecule has 1 N–H and O–H groups in total. The molecule has 2 aromatic rings. The summed E-state index contributed by atoms with van der Waals surface area (Å²) >= 11 is 0. The van der Waals surface area contributed by atoms with Gasteiger partial charge in [0.15, 0.2) is 0 Å². The van der Waals surface area contributed by atoms with E-state index in [0.29, 0.717) is 13.2 Å². The Hall–Kier alpha value is -2.07. The molecule has 0 aliphatic heterocycles. The lowest BCUT2D eigenvalue weighted by molar-refractivity contribution is 0.107. The Bertz CT molecular complexity index is 541. The Morgan fingerprint density at radius 3 is 2.67 bits per heavy atom. The summed E-state index contributed by atoms with van der Waals surface area (Å²) < 4.78 is 10.9. The highest BCUT2D eigenvalue weighted by atomic mass is 16.5. The van der Waals surface area contributed by atoms with E-state index in [-0.39, 0.29) is 0 Å². The highest BCUT2D eigenvalue weighted by Gasteiger charge is 1.99. The van der Waals surface area contributed by atoms with Gasteiger partial charge in [0.05, 0.1) is 20.3 Å². The molecule has 0 amide bonds. The standard InChI is InChI=1S/C17H22N2O2/c1-3-9-18-17-8-7-15(11-19-17)13-21-12-14-5-4-6-16(10-14)20-2/h4-8,10-11H,3,9,12-13H2,1-2H3,(H,18,19). The van der Waals surface area contributed by atoms with Crippen molar-refractivity contribution in [3.05, 3.63) is 53.7 Å². The molecule has 112 valence electrons. The first-order valence-electron chi connectivity index (χ1n) is 7.21. The summed E-state index contributed by atoms with van der Waals surface area (Å²) in [5, 5.41) is 3.25. The largest absolute Gasteiger partial charge is 0.497 e. The molecule has 1 aromatic heterocycles. The number of benzene rings is 1. The first kappa shape index (κ1) is 15.3. The third-order valence-corrected chi connectivity index (χ3v) is 3.05. The summed E-state index contributed by atoms with van der Waals surface area (Å²) in [6.45, 7) is 4.19. The summed E-state index contributed by atoms with van der Waals surface area (Å²) in [7, 11) is 1.67. The second-order valence-corrected chi connectivity index (χ2v) is 4.82. The third-order valence-electron chi connectivity index (χ3n) is 3.05. The number of nitrogens with one attached hydrogen (secondary N) is 1. The van der Waals surface area contributed by atoms with Gasteiger partial charge in [0.25, 0.3) is 0 Å². The average Bonchev–Trinajstić information content (AvgIpc) is 2.54. The van der Waals surface area contributed by atoms with E-state index in [1.165, 1.54) is 0 Å². The predicted octanol–water partition coefficient (Wildman–Crippen LogP) is 3.63. The van der Waals surface area contributed by atoms with Gasteiger partial charge in [-0.15, -0.1) is 0 Å². The van der Waals surface area contributed by atoms with Crippen LogP contribution in [0.25, 0.3) is 0 Å². The normalized spacial score (nSPS) is 10.4. The van der Waals surface area contributed by atoms with Gasteiger partial charge in [0.1, 0.15) is 11.6 Å². The molecule has 4 nitrogen and oxygen atoms in total. The van der Waals surface area contributed by atoms with Crippen LogP contribution in [-0.2, 0) is 18.0 Å². The number of anilines is 1. The third kappa shape index (κ3) is 5.08. The summed E-state index contributed by atoms with van der Waals surface area (Å²) in [5.74, 6) is 1.76. The Labute approximate surface area is 126 Å². The van der Waals surface area contributed by atoms with Crippen LogP contribution in [0, 0.1) is 0 Å². The molecule has 1 aromatic carbocycles. The van der Waals surface area contributed by atoms with Crippen LogP contribution in [0.4, 0.5) is 5.82 Å². The number of ether oxygens (including phenoxy) is 2. The summed E-state index contributed by atoms with van der Waals surface area (Å²) in [4.78, 5) is 4.36. The van der Waals surface area contributed by atoms with E-state index in [1.54, 1.807) is 7.11 Å². The number of aromatic nitrogens is 1. The van der Waals surface area contributed by atoms with Gasteiger partial charge in [-0.1, -0.05) is 25.1 Å². The van der Waals surface area contributed by atoms with E-state index >= 15 is 0 Å². The molecule has 0 spiro atoms. The predicted molar refractivity (Wildman–Crippen MR) is 84.5 cm³/mol. The van der Waals surface area contributed by atoms with Gasteiger partial charge in [0.2, 0.25) is 0 Å². The summed E-state index contributed by atoms with van der Waals surface area (Å²) in [5.41, 5.74) is 2.17. The minimum Gasteiger partial charge on any atom is -0.497 e. The molecular weight excluding hydrogens is 264 g/mol. The van der Waals surface area contributed by atoms with Gasteiger partial charge in [-0.05, 0) is 35.7 Å². The second kappa shape index (κ2) is 8.27. The fourth-order valence-corrected chi connectivity index (χ4v) is 1.92. The molecule has 0 bridgehead atoms. The van der Waals surface area contributed by atoms with Crippen LogP contribution in [-0.4, -0.2) is 18.6 Å². The number of methoxy groups -OCH3 is 1. The van der Waals surface area contributed by atoms with E-state index in [4.69, 9.17) is 9.47 Å². The van der Waals surface area contributed by atoms with Crippen LogP contribution in [0.1, 0.15) is 24.5 Å². The van der Waals surface area contributed by atoms with Gasteiger partial charge in [-0.3, -0.25) is 0 Å². The van der Waals surface area contributed by atoms with Gasteiger partial charge in [-0.2, -0.15) is 0 Å². The average molecular weight is 286 g/mol. The van der Waals surface area contributed by atoms with Gasteiger partial charge >= 0.3 is 0 Å². The summed E-state index contributed by atoms with van der Waals surface area (Å²) in [6.07, 6.45) is 2.94. The molecule has 0 saturated heterocycles. The van der Waals surface area contributed by atoms with E-state index in [0.717, 1.165) is 35.7 Å². The molecule has 0 atom stereocenters. The Morgan fingerprint density at radius 2 is 1.95 bits per heavy atom. The zero-order chi connectivity index (χ0) is 14.9. The smallest absolute Gasteiger partial charge is 0.125 e. The zero-order valence-electron chi connectivity index (χ0n) is 12.6. The highest BCUT2D eigenvalue weighted by molar-refractivity contribution is 5.35. The quantitative estimate of drug-likeness (QED) is 0.804. The molecule has 0 radical (unpaired) electrons. The monoisotopic (exact) mass is 286 g/mol. The maximum atomic E-state index is 5.71. The first-order chi connectivity index (χ1) is 10.3. The Balaban J connectivity index is 1.80. The van der Waals surface area contributed by atoms with Crippen molar-refractivity contribution in [2.24, 2.45) is 0 Å². The fourth-order valence-electron chi connectivity index (χ4n) is 1.92. The topological polar surface area (TPSA) is 43.4 Å². The van der Waals surface area contributed by atoms with Crippen LogP contribution in [0.5, 0.6) is 5.75 Å². The van der Waals surface area contributed by atoms with Crippen molar-refractivity contribution in [2.45, 2.75) is 26.6 Å². The Morgan fingerprint density at radius 1 is 1.10 bits per heavy atom. The molecule has 0 saturated carbocycles. The van der Waals surface area contributed by atoms with E-state index in [2.05, 4.69) is 17.2 Å². The molecule has 0 aliphatic rings. The zero-order valence-corrected chi connectivity index (χ0v) is 12.6. The van der Waals surface area contributed by atoms with Crippen LogP contribution in [0.2, 0.25) is 0 Å². The van der Waals surface area contributed by atoms with E-state index in [9.17, 15) is 0 Å². The van der Waals surface area contributed by atoms with Crippen molar-refractivity contribution >= 4 is 5.82 Å². The maximum Gasteiger partial charge on any atom is 0.125 e. The molecule has 1 heterocycles. The van der Waals surface area contributed by atoms with Crippen molar-refractivity contribution in [1.82, 2.24) is 4.98 Å². The van der Waals surface area contributed by atoms with Crippen LogP contribution in [0.3, 0.4) is 0 Å². The van der Waals surface area contributed by atoms with Gasteiger partial charge in [0, 0.05) is 12.7 Å². The van der Waals surface area contributed by atoms with E-state index in [1.807, 2.05) is 42.6 Å². The van der Waals surface area contributed by atoms with Crippen molar-refractivity contribution in [3.63, 3.8) is 0 Å². The minimum atomic E-state index is 0.554. The molecule has 21 heavy (non-hydrogen) atoms. The van der Waals surface area contributed by atoms with Crippen LogP contribution < -0.4 is 10.1 Å². The lowest BCUT2D eigenvalue weighted by Crippen LogP contribution is -2.02. The number of nitrogens with zero attached hydrogens (tertiary/aromatic N) is 1. The van der Waals surface area contributed by atoms with Crippen LogP contribution >= 0.6 is 0 Å². The minimum absolute atomic E-state index is 0.554. The number of hydrogen-bond donors (Lipinski definition) is 1. The molecule has 0 fully saturated rings. The molecule has 2 rings (SSSR count).